The number of rotatable bonds is 7. The van der Waals surface area contributed by atoms with Gasteiger partial charge >= 0.3 is 5.91 Å². The van der Waals surface area contributed by atoms with Crippen molar-refractivity contribution in [2.45, 2.75) is 19.3 Å². The Morgan fingerprint density at radius 2 is 1.87 bits per heavy atom. The molecule has 1 aromatic heterocycles. The second-order valence-electron chi connectivity index (χ2n) is 7.62. The highest BCUT2D eigenvalue weighted by molar-refractivity contribution is 6.44. The molecular formula is C23H24N4O3. The van der Waals surface area contributed by atoms with E-state index in [0.717, 1.165) is 37.9 Å². The highest BCUT2D eigenvalue weighted by Crippen LogP contribution is 2.23. The summed E-state index contributed by atoms with van der Waals surface area (Å²) in [5.74, 6) is -0.671. The molecule has 0 atom stereocenters. The Kier molecular flexibility index (Phi) is 5.90. The zero-order valence-corrected chi connectivity index (χ0v) is 16.6. The second kappa shape index (κ2) is 8.92. The number of piperidine rings is 1. The van der Waals surface area contributed by atoms with Crippen LogP contribution in [0.5, 0.6) is 0 Å². The number of nitrogens with zero attached hydrogens (tertiary/aromatic N) is 1. The highest BCUT2D eigenvalue weighted by Gasteiger charge is 2.25. The van der Waals surface area contributed by atoms with Crippen LogP contribution in [0.2, 0.25) is 0 Å². The predicted molar refractivity (Wildman–Crippen MR) is 115 cm³/mol. The van der Waals surface area contributed by atoms with Gasteiger partial charge in [0.1, 0.15) is 0 Å². The fraction of sp³-hybridized carbons (Fsp3) is 0.261. The number of hydrogen-bond acceptors (Lipinski definition) is 4. The number of carbonyl (C=O) groups is 3. The Morgan fingerprint density at radius 3 is 2.60 bits per heavy atom. The summed E-state index contributed by atoms with van der Waals surface area (Å²) in [6.45, 7) is 1.44. The van der Waals surface area contributed by atoms with Gasteiger partial charge in [0.25, 0.3) is 5.78 Å². The van der Waals surface area contributed by atoms with Crippen LogP contribution in [0.15, 0.2) is 54.7 Å². The van der Waals surface area contributed by atoms with Gasteiger partial charge in [0.2, 0.25) is 6.41 Å². The fourth-order valence-electron chi connectivity index (χ4n) is 3.98. The van der Waals surface area contributed by atoms with Gasteiger partial charge in [0, 0.05) is 35.9 Å². The number of ketones is 1. The molecule has 1 aliphatic heterocycles. The standard InChI is InChI=1S/C23H24N4O3/c28-15-25-18-6-7-21-19(13-18)20(14-24-21)22(29)23(30)26-27-10-8-17(9-11-27)12-16-4-2-1-3-5-16/h1-7,13-15,17,24H,8-12H2,(H,25,28)(H,26,30). The van der Waals surface area contributed by atoms with Crippen LogP contribution in [-0.2, 0) is 16.0 Å². The molecule has 3 N–H and O–H groups in total. The Bertz CT molecular complexity index is 1050. The van der Waals surface area contributed by atoms with Gasteiger partial charge in [-0.15, -0.1) is 0 Å². The lowest BCUT2D eigenvalue weighted by atomic mass is 9.91. The van der Waals surface area contributed by atoms with Crippen LogP contribution in [0.3, 0.4) is 0 Å². The quantitative estimate of drug-likeness (QED) is 0.321. The van der Waals surface area contributed by atoms with Crippen molar-refractivity contribution in [3.05, 3.63) is 65.9 Å². The fourth-order valence-corrected chi connectivity index (χ4v) is 3.98. The van der Waals surface area contributed by atoms with E-state index in [1.165, 1.54) is 11.8 Å². The zero-order valence-electron chi connectivity index (χ0n) is 16.6. The number of H-pyrrole nitrogens is 1. The lowest BCUT2D eigenvalue weighted by Crippen LogP contribution is -2.49. The van der Waals surface area contributed by atoms with Crippen molar-refractivity contribution >= 4 is 34.7 Å². The highest BCUT2D eigenvalue weighted by atomic mass is 16.2. The number of aromatic amines is 1. The van der Waals surface area contributed by atoms with Crippen molar-refractivity contribution in [3.8, 4) is 0 Å². The minimum Gasteiger partial charge on any atom is -0.360 e. The molecule has 0 aliphatic carbocycles. The molecule has 2 aromatic carbocycles. The third kappa shape index (κ3) is 4.41. The number of hydrogen-bond donors (Lipinski definition) is 3. The number of hydrazine groups is 1. The van der Waals surface area contributed by atoms with Gasteiger partial charge in [-0.05, 0) is 48.9 Å². The van der Waals surface area contributed by atoms with Gasteiger partial charge in [0.05, 0.1) is 5.56 Å². The summed E-state index contributed by atoms with van der Waals surface area (Å²) in [6, 6.07) is 15.6. The number of nitrogens with one attached hydrogen (secondary N) is 3. The maximum Gasteiger partial charge on any atom is 0.306 e. The summed E-state index contributed by atoms with van der Waals surface area (Å²) >= 11 is 0. The van der Waals surface area contributed by atoms with E-state index in [2.05, 4.69) is 40.0 Å². The first-order chi connectivity index (χ1) is 14.6. The van der Waals surface area contributed by atoms with Crippen LogP contribution < -0.4 is 10.7 Å². The van der Waals surface area contributed by atoms with Crippen molar-refractivity contribution in [1.82, 2.24) is 15.4 Å². The van der Waals surface area contributed by atoms with Crippen LogP contribution in [0, 0.1) is 5.92 Å². The van der Waals surface area contributed by atoms with Crippen molar-refractivity contribution in [2.24, 2.45) is 5.92 Å². The van der Waals surface area contributed by atoms with Crippen LogP contribution >= 0.6 is 0 Å². The third-order valence-electron chi connectivity index (χ3n) is 5.60. The molecule has 2 amide bonds. The van der Waals surface area contributed by atoms with E-state index in [4.69, 9.17) is 0 Å². The van der Waals surface area contributed by atoms with Crippen LogP contribution in [-0.4, -0.2) is 41.2 Å². The molecule has 7 heteroatoms. The Labute approximate surface area is 174 Å². The number of fused-ring (bicyclic) bond motifs is 1. The third-order valence-corrected chi connectivity index (χ3v) is 5.60. The first-order valence-electron chi connectivity index (χ1n) is 10.1. The molecule has 0 radical (unpaired) electrons. The molecule has 30 heavy (non-hydrogen) atoms. The molecule has 0 unspecified atom stereocenters. The number of amides is 2. The van der Waals surface area contributed by atoms with Crippen LogP contribution in [0.25, 0.3) is 10.9 Å². The monoisotopic (exact) mass is 404 g/mol. The molecule has 1 saturated heterocycles. The predicted octanol–water partition coefficient (Wildman–Crippen LogP) is 2.90. The number of aromatic nitrogens is 1. The number of carbonyl (C=O) groups excluding carboxylic acids is 3. The summed E-state index contributed by atoms with van der Waals surface area (Å²) in [5.41, 5.74) is 5.66. The van der Waals surface area contributed by atoms with Crippen LogP contribution in [0.1, 0.15) is 28.8 Å². The number of anilines is 1. The molecule has 4 rings (SSSR count). The molecule has 1 aliphatic rings. The van der Waals surface area contributed by atoms with E-state index >= 15 is 0 Å². The molecule has 3 aromatic rings. The SMILES string of the molecule is O=CNc1ccc2[nH]cc(C(=O)C(=O)NN3CCC(Cc4ccccc4)CC3)c2c1. The lowest BCUT2D eigenvalue weighted by Gasteiger charge is -2.31. The van der Waals surface area contributed by atoms with Crippen molar-refractivity contribution in [3.63, 3.8) is 0 Å². The van der Waals surface area contributed by atoms with Gasteiger partial charge in [-0.1, -0.05) is 30.3 Å². The molecule has 0 spiro atoms. The van der Waals surface area contributed by atoms with Crippen LogP contribution in [0.4, 0.5) is 5.69 Å². The molecule has 0 saturated carbocycles. The summed E-state index contributed by atoms with van der Waals surface area (Å²) in [4.78, 5) is 38.9. The average Bonchev–Trinajstić information content (AvgIpc) is 3.19. The zero-order chi connectivity index (χ0) is 20.9. The van der Waals surface area contributed by atoms with E-state index in [0.29, 0.717) is 23.4 Å². The lowest BCUT2D eigenvalue weighted by molar-refractivity contribution is -0.122. The molecule has 154 valence electrons. The van der Waals surface area contributed by atoms with E-state index in [1.807, 2.05) is 11.1 Å². The average molecular weight is 404 g/mol. The minimum atomic E-state index is -0.647. The van der Waals surface area contributed by atoms with Gasteiger partial charge in [0.15, 0.2) is 0 Å². The molecular weight excluding hydrogens is 380 g/mol. The molecule has 2 heterocycles. The van der Waals surface area contributed by atoms with Gasteiger partial charge < -0.3 is 10.3 Å². The topological polar surface area (TPSA) is 94.3 Å². The van der Waals surface area contributed by atoms with E-state index in [1.54, 1.807) is 18.2 Å². The van der Waals surface area contributed by atoms with E-state index < -0.39 is 11.7 Å². The first kappa shape index (κ1) is 19.8. The second-order valence-corrected chi connectivity index (χ2v) is 7.62. The molecule has 0 bridgehead atoms. The summed E-state index contributed by atoms with van der Waals surface area (Å²) in [6.07, 6.45) is 5.08. The first-order valence-corrected chi connectivity index (χ1v) is 10.1. The van der Waals surface area contributed by atoms with E-state index in [-0.39, 0.29) is 5.56 Å². The molecule has 7 nitrogen and oxygen atoms in total. The maximum absolute atomic E-state index is 12.7. The summed E-state index contributed by atoms with van der Waals surface area (Å²) in [5, 5.41) is 4.99. The molecule has 1 fully saturated rings. The Balaban J connectivity index is 1.35. The van der Waals surface area contributed by atoms with Gasteiger partial charge in [-0.2, -0.15) is 0 Å². The van der Waals surface area contributed by atoms with Crippen molar-refractivity contribution < 1.29 is 14.4 Å². The van der Waals surface area contributed by atoms with Crippen molar-refractivity contribution in [1.29, 1.82) is 0 Å². The van der Waals surface area contributed by atoms with E-state index in [9.17, 15) is 14.4 Å². The minimum absolute atomic E-state index is 0.288. The normalized spacial score (nSPS) is 15.1. The summed E-state index contributed by atoms with van der Waals surface area (Å²) < 4.78 is 0. The number of Topliss-reactive ketones (excluding diaryl/α,β-unsaturated/α-hetero) is 1. The number of benzene rings is 2. The van der Waals surface area contributed by atoms with Gasteiger partial charge in [-0.3, -0.25) is 19.8 Å². The van der Waals surface area contributed by atoms with Crippen molar-refractivity contribution in [2.75, 3.05) is 18.4 Å². The summed E-state index contributed by atoms with van der Waals surface area (Å²) in [7, 11) is 0. The maximum atomic E-state index is 12.7. The largest absolute Gasteiger partial charge is 0.360 e. The Hall–Kier alpha value is -3.45. The Morgan fingerprint density at radius 1 is 1.10 bits per heavy atom. The van der Waals surface area contributed by atoms with Gasteiger partial charge in [-0.25, -0.2) is 5.01 Å². The smallest absolute Gasteiger partial charge is 0.306 e.